The van der Waals surface area contributed by atoms with E-state index in [-0.39, 0.29) is 17.4 Å². The van der Waals surface area contributed by atoms with Gasteiger partial charge < -0.3 is 15.0 Å². The maximum absolute atomic E-state index is 12.1. The summed E-state index contributed by atoms with van der Waals surface area (Å²) in [7, 11) is 1.66. The third-order valence-electron chi connectivity index (χ3n) is 3.96. The van der Waals surface area contributed by atoms with Gasteiger partial charge in [0.2, 0.25) is 5.91 Å². The predicted molar refractivity (Wildman–Crippen MR) is 91.9 cm³/mol. The van der Waals surface area contributed by atoms with Crippen molar-refractivity contribution in [1.29, 1.82) is 0 Å². The first kappa shape index (κ1) is 15.6. The number of fused-ring (bicyclic) bond motifs is 1. The number of aromatic nitrogens is 1. The number of nitrogens with zero attached hydrogens (tertiary/aromatic N) is 2. The molecule has 1 saturated heterocycles. The van der Waals surface area contributed by atoms with Gasteiger partial charge in [-0.2, -0.15) is 0 Å². The standard InChI is InChI=1S/C18H23N3O2/c1-18(2,3)20-17(22)13-10-21(11-13)16-8-5-12-9-14(23-4)6-7-15(12)19-16/h5-9,13H,10-11H2,1-4H3,(H,20,22). The first-order valence-corrected chi connectivity index (χ1v) is 7.87. The number of amides is 1. The molecule has 0 atom stereocenters. The highest BCUT2D eigenvalue weighted by atomic mass is 16.5. The van der Waals surface area contributed by atoms with Gasteiger partial charge in [0.05, 0.1) is 18.5 Å². The average Bonchev–Trinajstić information content (AvgIpc) is 2.43. The predicted octanol–water partition coefficient (Wildman–Crippen LogP) is 2.59. The van der Waals surface area contributed by atoms with E-state index in [4.69, 9.17) is 4.74 Å². The summed E-state index contributed by atoms with van der Waals surface area (Å²) in [4.78, 5) is 18.9. The minimum absolute atomic E-state index is 0.0441. The summed E-state index contributed by atoms with van der Waals surface area (Å²) in [6, 6.07) is 9.89. The Bertz CT molecular complexity index is 731. The van der Waals surface area contributed by atoms with E-state index in [0.29, 0.717) is 0 Å². The molecule has 2 heterocycles. The van der Waals surface area contributed by atoms with Crippen LogP contribution in [-0.4, -0.2) is 36.6 Å². The lowest BCUT2D eigenvalue weighted by Crippen LogP contribution is -2.56. The fourth-order valence-corrected chi connectivity index (χ4v) is 2.70. The lowest BCUT2D eigenvalue weighted by Gasteiger charge is -2.40. The third kappa shape index (κ3) is 3.38. The minimum atomic E-state index is -0.183. The fraction of sp³-hybridized carbons (Fsp3) is 0.444. The normalized spacial score (nSPS) is 15.4. The van der Waals surface area contributed by atoms with Gasteiger partial charge >= 0.3 is 0 Å². The number of anilines is 1. The topological polar surface area (TPSA) is 54.5 Å². The molecule has 1 aliphatic heterocycles. The number of benzene rings is 1. The first-order chi connectivity index (χ1) is 10.9. The largest absolute Gasteiger partial charge is 0.497 e. The second kappa shape index (κ2) is 5.72. The zero-order valence-electron chi connectivity index (χ0n) is 14.1. The molecule has 1 aromatic carbocycles. The zero-order valence-corrected chi connectivity index (χ0v) is 14.1. The van der Waals surface area contributed by atoms with Gasteiger partial charge in [0, 0.05) is 24.0 Å². The lowest BCUT2D eigenvalue weighted by molar-refractivity contribution is -0.127. The Balaban J connectivity index is 1.68. The molecule has 3 rings (SSSR count). The van der Waals surface area contributed by atoms with E-state index in [1.807, 2.05) is 51.1 Å². The third-order valence-corrected chi connectivity index (χ3v) is 3.96. The molecule has 122 valence electrons. The molecule has 0 bridgehead atoms. The monoisotopic (exact) mass is 313 g/mol. The molecule has 1 aromatic heterocycles. The van der Waals surface area contributed by atoms with Crippen LogP contribution in [0.25, 0.3) is 10.9 Å². The van der Waals surface area contributed by atoms with Crippen LogP contribution in [0.15, 0.2) is 30.3 Å². The first-order valence-electron chi connectivity index (χ1n) is 7.87. The van der Waals surface area contributed by atoms with Crippen molar-refractivity contribution in [3.8, 4) is 5.75 Å². The maximum atomic E-state index is 12.1. The molecule has 23 heavy (non-hydrogen) atoms. The molecule has 1 fully saturated rings. The molecule has 5 heteroatoms. The van der Waals surface area contributed by atoms with E-state index >= 15 is 0 Å². The minimum Gasteiger partial charge on any atom is -0.497 e. The molecule has 0 radical (unpaired) electrons. The van der Waals surface area contributed by atoms with Crippen molar-refractivity contribution in [3.63, 3.8) is 0 Å². The Morgan fingerprint density at radius 2 is 2.00 bits per heavy atom. The Hall–Kier alpha value is -2.30. The maximum Gasteiger partial charge on any atom is 0.227 e. The summed E-state index contributed by atoms with van der Waals surface area (Å²) >= 11 is 0. The SMILES string of the molecule is COc1ccc2nc(N3CC(C(=O)NC(C)(C)C)C3)ccc2c1. The molecular formula is C18H23N3O2. The molecule has 0 spiro atoms. The zero-order chi connectivity index (χ0) is 16.6. The molecule has 0 unspecified atom stereocenters. The average molecular weight is 313 g/mol. The number of carbonyl (C=O) groups excluding carboxylic acids is 1. The Kier molecular flexibility index (Phi) is 3.88. The number of hydrogen-bond donors (Lipinski definition) is 1. The number of carbonyl (C=O) groups is 1. The van der Waals surface area contributed by atoms with Crippen molar-refractivity contribution in [1.82, 2.24) is 10.3 Å². The van der Waals surface area contributed by atoms with E-state index in [9.17, 15) is 4.79 Å². The summed E-state index contributed by atoms with van der Waals surface area (Å²) in [5.41, 5.74) is 0.753. The van der Waals surface area contributed by atoms with Crippen molar-refractivity contribution < 1.29 is 9.53 Å². The van der Waals surface area contributed by atoms with Crippen molar-refractivity contribution in [2.24, 2.45) is 5.92 Å². The quantitative estimate of drug-likeness (QED) is 0.946. The van der Waals surface area contributed by atoms with Crippen LogP contribution in [0.5, 0.6) is 5.75 Å². The number of pyridine rings is 1. The highest BCUT2D eigenvalue weighted by Gasteiger charge is 2.34. The van der Waals surface area contributed by atoms with E-state index < -0.39 is 0 Å². The summed E-state index contributed by atoms with van der Waals surface area (Å²) < 4.78 is 5.23. The van der Waals surface area contributed by atoms with Gasteiger partial charge in [-0.1, -0.05) is 0 Å². The summed E-state index contributed by atoms with van der Waals surface area (Å²) in [5, 5.41) is 4.09. The van der Waals surface area contributed by atoms with Gasteiger partial charge in [0.1, 0.15) is 11.6 Å². The van der Waals surface area contributed by atoms with E-state index in [1.165, 1.54) is 0 Å². The van der Waals surface area contributed by atoms with Crippen molar-refractivity contribution in [3.05, 3.63) is 30.3 Å². The van der Waals surface area contributed by atoms with Crippen LogP contribution in [0, 0.1) is 5.92 Å². The van der Waals surface area contributed by atoms with Gasteiger partial charge in [0.15, 0.2) is 0 Å². The second-order valence-electron chi connectivity index (χ2n) is 7.07. The van der Waals surface area contributed by atoms with Crippen molar-refractivity contribution in [2.45, 2.75) is 26.3 Å². The Labute approximate surface area is 136 Å². The van der Waals surface area contributed by atoms with E-state index in [0.717, 1.165) is 35.6 Å². The van der Waals surface area contributed by atoms with Crippen LogP contribution in [0.3, 0.4) is 0 Å². The number of hydrogen-bond acceptors (Lipinski definition) is 4. The molecule has 1 aliphatic rings. The highest BCUT2D eigenvalue weighted by molar-refractivity contribution is 5.84. The van der Waals surface area contributed by atoms with Crippen LogP contribution < -0.4 is 15.0 Å². The molecular weight excluding hydrogens is 290 g/mol. The molecule has 1 N–H and O–H groups in total. The molecule has 2 aromatic rings. The molecule has 1 amide bonds. The summed E-state index contributed by atoms with van der Waals surface area (Å²) in [6.07, 6.45) is 0. The van der Waals surface area contributed by atoms with Gasteiger partial charge in [-0.15, -0.1) is 0 Å². The highest BCUT2D eigenvalue weighted by Crippen LogP contribution is 2.27. The van der Waals surface area contributed by atoms with Crippen LogP contribution in [0.2, 0.25) is 0 Å². The number of methoxy groups -OCH3 is 1. The van der Waals surface area contributed by atoms with Crippen molar-refractivity contribution >= 4 is 22.6 Å². The van der Waals surface area contributed by atoms with E-state index in [2.05, 4.69) is 15.2 Å². The van der Waals surface area contributed by atoms with Gasteiger partial charge in [-0.05, 0) is 51.1 Å². The van der Waals surface area contributed by atoms with E-state index in [1.54, 1.807) is 7.11 Å². The van der Waals surface area contributed by atoms with Gasteiger partial charge in [-0.3, -0.25) is 4.79 Å². The van der Waals surface area contributed by atoms with Gasteiger partial charge in [0.25, 0.3) is 0 Å². The van der Waals surface area contributed by atoms with Crippen LogP contribution in [-0.2, 0) is 4.79 Å². The lowest BCUT2D eigenvalue weighted by atomic mass is 9.97. The van der Waals surface area contributed by atoms with Crippen LogP contribution in [0.4, 0.5) is 5.82 Å². The number of rotatable bonds is 3. The van der Waals surface area contributed by atoms with Crippen LogP contribution >= 0.6 is 0 Å². The molecule has 0 aliphatic carbocycles. The number of ether oxygens (including phenoxy) is 1. The summed E-state index contributed by atoms with van der Waals surface area (Å²) in [5.74, 6) is 1.92. The molecule has 5 nitrogen and oxygen atoms in total. The van der Waals surface area contributed by atoms with Crippen molar-refractivity contribution in [2.75, 3.05) is 25.1 Å². The second-order valence-corrected chi connectivity index (χ2v) is 7.07. The Morgan fingerprint density at radius 3 is 2.65 bits per heavy atom. The Morgan fingerprint density at radius 1 is 1.26 bits per heavy atom. The van der Waals surface area contributed by atoms with Crippen LogP contribution in [0.1, 0.15) is 20.8 Å². The smallest absolute Gasteiger partial charge is 0.227 e. The number of nitrogens with one attached hydrogen (secondary N) is 1. The summed E-state index contributed by atoms with van der Waals surface area (Å²) in [6.45, 7) is 7.44. The van der Waals surface area contributed by atoms with Gasteiger partial charge in [-0.25, -0.2) is 4.98 Å². The molecule has 0 saturated carbocycles. The fourth-order valence-electron chi connectivity index (χ4n) is 2.70.